The highest BCUT2D eigenvalue weighted by Gasteiger charge is 2.17. The molecule has 11 heteroatoms. The first-order chi connectivity index (χ1) is 11.7. The molecule has 0 bridgehead atoms. The molecule has 0 atom stereocenters. The van der Waals surface area contributed by atoms with Gasteiger partial charge >= 0.3 is 0 Å². The predicted octanol–water partition coefficient (Wildman–Crippen LogP) is 0.480. The lowest BCUT2D eigenvalue weighted by Gasteiger charge is -2.08. The number of aromatic nitrogens is 2. The molecule has 4 N–H and O–H groups in total. The maximum absolute atomic E-state index is 12.2. The second kappa shape index (κ2) is 7.40. The van der Waals surface area contributed by atoms with Gasteiger partial charge in [-0.1, -0.05) is 6.07 Å². The van der Waals surface area contributed by atoms with E-state index >= 15 is 0 Å². The fourth-order valence-corrected chi connectivity index (χ4v) is 3.36. The number of aryl methyl sites for hydroxylation is 1. The lowest BCUT2D eigenvalue weighted by Crippen LogP contribution is -2.26. The van der Waals surface area contributed by atoms with E-state index in [1.807, 2.05) is 0 Å². The number of non-ortho nitro benzene ring substituents is 1. The Balaban J connectivity index is 2.01. The molecule has 0 spiro atoms. The van der Waals surface area contributed by atoms with Crippen LogP contribution in [0.15, 0.2) is 34.0 Å². The third-order valence-corrected chi connectivity index (χ3v) is 4.93. The molecule has 0 radical (unpaired) electrons. The van der Waals surface area contributed by atoms with Crippen molar-refractivity contribution in [2.45, 2.75) is 24.7 Å². The summed E-state index contributed by atoms with van der Waals surface area (Å²) in [5, 5.41) is 10.7. The zero-order valence-electron chi connectivity index (χ0n) is 13.4. The van der Waals surface area contributed by atoms with E-state index in [2.05, 4.69) is 14.7 Å². The molecule has 2 rings (SSSR count). The van der Waals surface area contributed by atoms with E-state index in [1.54, 1.807) is 6.92 Å². The normalized spacial score (nSPS) is 11.4. The number of nitrogens with zero attached hydrogens (tertiary/aromatic N) is 2. The molecular formula is C14H17N5O5S. The molecule has 10 nitrogen and oxygen atoms in total. The van der Waals surface area contributed by atoms with E-state index in [-0.39, 0.29) is 28.6 Å². The standard InChI is InChI=1S/C14H17N5O5S/c1-9-12(13(20)18-14(15)17-9)6-3-7-16-25(23,24)11-5-2-4-10(8-11)19(21)22/h2,4-5,8,16H,3,6-7H2,1H3,(H3,15,17,18,20). The summed E-state index contributed by atoms with van der Waals surface area (Å²) < 4.78 is 26.7. The number of benzene rings is 1. The topological polar surface area (TPSA) is 161 Å². The molecule has 1 heterocycles. The molecule has 1 aromatic heterocycles. The molecule has 0 aliphatic carbocycles. The summed E-state index contributed by atoms with van der Waals surface area (Å²) in [6, 6.07) is 4.77. The van der Waals surface area contributed by atoms with Crippen LogP contribution in [0.4, 0.5) is 11.6 Å². The van der Waals surface area contributed by atoms with E-state index in [0.717, 1.165) is 6.07 Å². The Morgan fingerprint density at radius 3 is 2.76 bits per heavy atom. The molecule has 0 saturated heterocycles. The van der Waals surface area contributed by atoms with Crippen LogP contribution in [0, 0.1) is 17.0 Å². The SMILES string of the molecule is Cc1nc(N)[nH]c(=O)c1CCCNS(=O)(=O)c1cccc([N+](=O)[O-])c1. The second-order valence-electron chi connectivity index (χ2n) is 5.27. The minimum absolute atomic E-state index is 0.0256. The predicted molar refractivity (Wildman–Crippen MR) is 90.6 cm³/mol. The van der Waals surface area contributed by atoms with Crippen molar-refractivity contribution in [2.75, 3.05) is 12.3 Å². The highest BCUT2D eigenvalue weighted by Crippen LogP contribution is 2.17. The van der Waals surface area contributed by atoms with Crippen molar-refractivity contribution < 1.29 is 13.3 Å². The number of nitro benzene ring substituents is 1. The number of anilines is 1. The fraction of sp³-hybridized carbons (Fsp3) is 0.286. The van der Waals surface area contributed by atoms with Crippen LogP contribution < -0.4 is 16.0 Å². The number of nitrogens with one attached hydrogen (secondary N) is 2. The molecule has 1 aromatic carbocycles. The Bertz CT molecular complexity index is 954. The van der Waals surface area contributed by atoms with Crippen LogP contribution in [-0.2, 0) is 16.4 Å². The van der Waals surface area contributed by atoms with Gasteiger partial charge in [-0.3, -0.25) is 19.9 Å². The van der Waals surface area contributed by atoms with Gasteiger partial charge in [0.05, 0.1) is 9.82 Å². The lowest BCUT2D eigenvalue weighted by atomic mass is 10.1. The number of rotatable bonds is 7. The first-order valence-electron chi connectivity index (χ1n) is 7.30. The van der Waals surface area contributed by atoms with Gasteiger partial charge < -0.3 is 5.73 Å². The molecule has 2 aromatic rings. The number of aromatic amines is 1. The molecule has 0 aliphatic rings. The van der Waals surface area contributed by atoms with Gasteiger partial charge in [-0.15, -0.1) is 0 Å². The van der Waals surface area contributed by atoms with E-state index < -0.39 is 14.9 Å². The third-order valence-electron chi connectivity index (χ3n) is 3.47. The fourth-order valence-electron chi connectivity index (χ4n) is 2.25. The minimum atomic E-state index is -3.87. The van der Waals surface area contributed by atoms with Gasteiger partial charge in [0.1, 0.15) is 0 Å². The Kier molecular flexibility index (Phi) is 5.49. The number of nitrogens with two attached hydrogens (primary N) is 1. The molecule has 0 fully saturated rings. The van der Waals surface area contributed by atoms with Crippen LogP contribution in [0.5, 0.6) is 0 Å². The largest absolute Gasteiger partial charge is 0.369 e. The number of H-pyrrole nitrogens is 1. The number of hydrogen-bond acceptors (Lipinski definition) is 7. The molecule has 25 heavy (non-hydrogen) atoms. The number of sulfonamides is 1. The van der Waals surface area contributed by atoms with Crippen molar-refractivity contribution in [1.29, 1.82) is 0 Å². The maximum atomic E-state index is 12.2. The van der Waals surface area contributed by atoms with Crippen LogP contribution in [0.1, 0.15) is 17.7 Å². The molecule has 0 amide bonds. The summed E-state index contributed by atoms with van der Waals surface area (Å²) in [5.41, 5.74) is 5.69. The molecule has 0 aliphatic heterocycles. The minimum Gasteiger partial charge on any atom is -0.369 e. The Hall–Kier alpha value is -2.79. The van der Waals surface area contributed by atoms with Gasteiger partial charge in [0.15, 0.2) is 0 Å². The summed E-state index contributed by atoms with van der Waals surface area (Å²) in [5.74, 6) is 0.0256. The summed E-state index contributed by atoms with van der Waals surface area (Å²) in [6.07, 6.45) is 0.662. The van der Waals surface area contributed by atoms with Crippen LogP contribution >= 0.6 is 0 Å². The van der Waals surface area contributed by atoms with Crippen molar-refractivity contribution >= 4 is 21.7 Å². The zero-order chi connectivity index (χ0) is 18.6. The van der Waals surface area contributed by atoms with Crippen molar-refractivity contribution in [3.8, 4) is 0 Å². The van der Waals surface area contributed by atoms with Gasteiger partial charge in [-0.2, -0.15) is 0 Å². The maximum Gasteiger partial charge on any atom is 0.270 e. The highest BCUT2D eigenvalue weighted by molar-refractivity contribution is 7.89. The molecule has 134 valence electrons. The van der Waals surface area contributed by atoms with E-state index in [0.29, 0.717) is 24.1 Å². The average Bonchev–Trinajstić information content (AvgIpc) is 2.53. The van der Waals surface area contributed by atoms with Gasteiger partial charge in [-0.05, 0) is 25.8 Å². The number of nitrogen functional groups attached to an aromatic ring is 1. The van der Waals surface area contributed by atoms with Crippen molar-refractivity contribution in [3.05, 3.63) is 56.0 Å². The third kappa shape index (κ3) is 4.61. The zero-order valence-corrected chi connectivity index (χ0v) is 14.2. The van der Waals surface area contributed by atoms with Gasteiger partial charge in [-0.25, -0.2) is 18.1 Å². The Labute approximate surface area is 143 Å². The first-order valence-corrected chi connectivity index (χ1v) is 8.78. The first kappa shape index (κ1) is 18.5. The van der Waals surface area contributed by atoms with Gasteiger partial charge in [0.2, 0.25) is 16.0 Å². The molecule has 0 saturated carbocycles. The number of nitro groups is 1. The smallest absolute Gasteiger partial charge is 0.270 e. The quantitative estimate of drug-likeness (QED) is 0.364. The van der Waals surface area contributed by atoms with Crippen LogP contribution in [-0.4, -0.2) is 29.9 Å². The second-order valence-corrected chi connectivity index (χ2v) is 7.04. The van der Waals surface area contributed by atoms with Crippen molar-refractivity contribution in [3.63, 3.8) is 0 Å². The number of hydrogen-bond donors (Lipinski definition) is 3. The van der Waals surface area contributed by atoms with Crippen LogP contribution in [0.25, 0.3) is 0 Å². The molecule has 0 unspecified atom stereocenters. The van der Waals surface area contributed by atoms with Crippen LogP contribution in [0.3, 0.4) is 0 Å². The summed E-state index contributed by atoms with van der Waals surface area (Å²) in [4.78, 5) is 28.0. The van der Waals surface area contributed by atoms with E-state index in [9.17, 15) is 23.3 Å². The summed E-state index contributed by atoms with van der Waals surface area (Å²) in [6.45, 7) is 1.71. The Morgan fingerprint density at radius 1 is 1.40 bits per heavy atom. The van der Waals surface area contributed by atoms with Crippen molar-refractivity contribution in [1.82, 2.24) is 14.7 Å². The van der Waals surface area contributed by atoms with E-state index in [4.69, 9.17) is 5.73 Å². The monoisotopic (exact) mass is 367 g/mol. The van der Waals surface area contributed by atoms with Crippen molar-refractivity contribution in [2.24, 2.45) is 0 Å². The summed E-state index contributed by atoms with van der Waals surface area (Å²) in [7, 11) is -3.87. The Morgan fingerprint density at radius 2 is 2.12 bits per heavy atom. The van der Waals surface area contributed by atoms with Crippen LogP contribution in [0.2, 0.25) is 0 Å². The summed E-state index contributed by atoms with van der Waals surface area (Å²) >= 11 is 0. The van der Waals surface area contributed by atoms with E-state index in [1.165, 1.54) is 18.2 Å². The highest BCUT2D eigenvalue weighted by atomic mass is 32.2. The van der Waals surface area contributed by atoms with Gasteiger partial charge in [0, 0.05) is 29.9 Å². The molecular weight excluding hydrogens is 350 g/mol. The van der Waals surface area contributed by atoms with Gasteiger partial charge in [0.25, 0.3) is 11.2 Å². The lowest BCUT2D eigenvalue weighted by molar-refractivity contribution is -0.385. The average molecular weight is 367 g/mol.